The topological polar surface area (TPSA) is 105 Å². The Morgan fingerprint density at radius 3 is 2.70 bits per heavy atom. The standard InChI is InChI=1S/C21H28N6O3/c1-25(2)18(28)13-27-8-9-30-17(12-27)19-16(11-23-21(24-19)26(3)4)14-6-5-7-15(10-14)20(22)29/h5-7,10-11,17H,8-9,12-13H2,1-4H3,(H2,22,29). The smallest absolute Gasteiger partial charge is 0.248 e. The normalized spacial score (nSPS) is 16.9. The average molecular weight is 412 g/mol. The number of nitrogens with two attached hydrogens (primary N) is 1. The van der Waals surface area contributed by atoms with Crippen molar-refractivity contribution in [2.24, 2.45) is 5.73 Å². The maximum atomic E-state index is 12.2. The lowest BCUT2D eigenvalue weighted by Crippen LogP contribution is -2.44. The molecule has 0 bridgehead atoms. The Morgan fingerprint density at radius 1 is 1.27 bits per heavy atom. The molecule has 1 fully saturated rings. The first-order valence-corrected chi connectivity index (χ1v) is 9.75. The average Bonchev–Trinajstić information content (AvgIpc) is 2.73. The molecule has 9 heteroatoms. The molecule has 160 valence electrons. The Hall–Kier alpha value is -3.04. The Kier molecular flexibility index (Phi) is 6.63. The number of primary amides is 1. The molecule has 1 saturated heterocycles. The Morgan fingerprint density at radius 2 is 2.03 bits per heavy atom. The molecule has 1 aliphatic rings. The third-order valence-electron chi connectivity index (χ3n) is 4.98. The lowest BCUT2D eigenvalue weighted by Gasteiger charge is -2.33. The van der Waals surface area contributed by atoms with E-state index in [0.717, 1.165) is 16.8 Å². The molecule has 30 heavy (non-hydrogen) atoms. The molecular weight excluding hydrogens is 384 g/mol. The van der Waals surface area contributed by atoms with Crippen LogP contribution in [0.5, 0.6) is 0 Å². The van der Waals surface area contributed by atoms with Crippen molar-refractivity contribution in [2.75, 3.05) is 59.3 Å². The Balaban J connectivity index is 1.97. The summed E-state index contributed by atoms with van der Waals surface area (Å²) in [6, 6.07) is 7.07. The van der Waals surface area contributed by atoms with E-state index in [1.54, 1.807) is 43.4 Å². The Bertz CT molecular complexity index is 931. The fourth-order valence-electron chi connectivity index (χ4n) is 3.25. The van der Waals surface area contributed by atoms with Crippen molar-refractivity contribution in [1.29, 1.82) is 0 Å². The van der Waals surface area contributed by atoms with E-state index in [1.807, 2.05) is 25.1 Å². The van der Waals surface area contributed by atoms with Crippen LogP contribution < -0.4 is 10.6 Å². The fourth-order valence-corrected chi connectivity index (χ4v) is 3.25. The summed E-state index contributed by atoms with van der Waals surface area (Å²) in [5.74, 6) is 0.109. The van der Waals surface area contributed by atoms with E-state index in [0.29, 0.717) is 37.8 Å². The third-order valence-corrected chi connectivity index (χ3v) is 4.98. The minimum atomic E-state index is -0.494. The van der Waals surface area contributed by atoms with Gasteiger partial charge >= 0.3 is 0 Å². The summed E-state index contributed by atoms with van der Waals surface area (Å²) in [7, 11) is 7.24. The van der Waals surface area contributed by atoms with Gasteiger partial charge in [-0.2, -0.15) is 0 Å². The van der Waals surface area contributed by atoms with Gasteiger partial charge in [0, 0.05) is 58.6 Å². The molecule has 1 atom stereocenters. The van der Waals surface area contributed by atoms with Crippen molar-refractivity contribution in [3.8, 4) is 11.1 Å². The van der Waals surface area contributed by atoms with E-state index < -0.39 is 5.91 Å². The van der Waals surface area contributed by atoms with E-state index in [2.05, 4.69) is 9.88 Å². The van der Waals surface area contributed by atoms with Crippen LogP contribution >= 0.6 is 0 Å². The first kappa shape index (κ1) is 21.7. The number of nitrogens with zero attached hydrogens (tertiary/aromatic N) is 5. The van der Waals surface area contributed by atoms with Gasteiger partial charge in [-0.25, -0.2) is 9.97 Å². The summed E-state index contributed by atoms with van der Waals surface area (Å²) < 4.78 is 6.04. The lowest BCUT2D eigenvalue weighted by atomic mass is 9.99. The van der Waals surface area contributed by atoms with Crippen LogP contribution in [0.1, 0.15) is 22.2 Å². The molecule has 1 unspecified atom stereocenters. The summed E-state index contributed by atoms with van der Waals surface area (Å²) in [6.45, 7) is 2.03. The van der Waals surface area contributed by atoms with Crippen LogP contribution in [0.25, 0.3) is 11.1 Å². The van der Waals surface area contributed by atoms with E-state index in [9.17, 15) is 9.59 Å². The van der Waals surface area contributed by atoms with Gasteiger partial charge in [0.2, 0.25) is 17.8 Å². The van der Waals surface area contributed by atoms with Gasteiger partial charge in [0.05, 0.1) is 18.8 Å². The van der Waals surface area contributed by atoms with Gasteiger partial charge in [-0.05, 0) is 17.7 Å². The van der Waals surface area contributed by atoms with Gasteiger partial charge in [0.1, 0.15) is 6.10 Å². The highest BCUT2D eigenvalue weighted by molar-refractivity contribution is 5.94. The second-order valence-corrected chi connectivity index (χ2v) is 7.69. The minimum absolute atomic E-state index is 0.0432. The van der Waals surface area contributed by atoms with E-state index in [1.165, 1.54) is 0 Å². The molecule has 2 aromatic rings. The van der Waals surface area contributed by atoms with Crippen LogP contribution in [-0.2, 0) is 9.53 Å². The molecule has 0 aliphatic carbocycles. The van der Waals surface area contributed by atoms with E-state index in [-0.39, 0.29) is 12.0 Å². The molecule has 2 amide bonds. The third kappa shape index (κ3) is 4.92. The number of rotatable bonds is 6. The molecule has 2 N–H and O–H groups in total. The number of hydrogen-bond donors (Lipinski definition) is 1. The van der Waals surface area contributed by atoms with Crippen molar-refractivity contribution < 1.29 is 14.3 Å². The minimum Gasteiger partial charge on any atom is -0.369 e. The van der Waals surface area contributed by atoms with Gasteiger partial charge in [0.25, 0.3) is 0 Å². The monoisotopic (exact) mass is 412 g/mol. The summed E-state index contributed by atoms with van der Waals surface area (Å²) >= 11 is 0. The number of morpholine rings is 1. The molecule has 0 spiro atoms. The number of anilines is 1. The van der Waals surface area contributed by atoms with Crippen LogP contribution in [0.4, 0.5) is 5.95 Å². The first-order chi connectivity index (χ1) is 14.3. The molecule has 1 aliphatic heterocycles. The van der Waals surface area contributed by atoms with Gasteiger partial charge in [-0.1, -0.05) is 12.1 Å². The second kappa shape index (κ2) is 9.19. The molecule has 9 nitrogen and oxygen atoms in total. The van der Waals surface area contributed by atoms with Gasteiger partial charge in [0.15, 0.2) is 0 Å². The van der Waals surface area contributed by atoms with E-state index >= 15 is 0 Å². The largest absolute Gasteiger partial charge is 0.369 e. The van der Waals surface area contributed by atoms with Gasteiger partial charge in [-0.15, -0.1) is 0 Å². The van der Waals surface area contributed by atoms with Crippen molar-refractivity contribution in [2.45, 2.75) is 6.10 Å². The number of carbonyl (C=O) groups excluding carboxylic acids is 2. The number of amides is 2. The first-order valence-electron chi connectivity index (χ1n) is 9.75. The van der Waals surface area contributed by atoms with Crippen molar-refractivity contribution in [3.05, 3.63) is 41.7 Å². The zero-order chi connectivity index (χ0) is 21.8. The molecule has 3 rings (SSSR count). The molecule has 2 heterocycles. The second-order valence-electron chi connectivity index (χ2n) is 7.69. The van der Waals surface area contributed by atoms with Crippen LogP contribution in [0.15, 0.2) is 30.5 Å². The number of aromatic nitrogens is 2. The maximum Gasteiger partial charge on any atom is 0.248 e. The SMILES string of the molecule is CN(C)C(=O)CN1CCOC(c2nc(N(C)C)ncc2-c2cccc(C(N)=O)c2)C1. The van der Waals surface area contributed by atoms with Crippen LogP contribution in [0.2, 0.25) is 0 Å². The number of carbonyl (C=O) groups is 2. The van der Waals surface area contributed by atoms with Crippen molar-refractivity contribution >= 4 is 17.8 Å². The quantitative estimate of drug-likeness (QED) is 0.747. The Labute approximate surface area is 176 Å². The predicted octanol–water partition coefficient (Wildman–Crippen LogP) is 0.770. The summed E-state index contributed by atoms with van der Waals surface area (Å²) in [6.07, 6.45) is 1.41. The highest BCUT2D eigenvalue weighted by atomic mass is 16.5. The molecular formula is C21H28N6O3. The zero-order valence-electron chi connectivity index (χ0n) is 17.8. The zero-order valence-corrected chi connectivity index (χ0v) is 17.8. The lowest BCUT2D eigenvalue weighted by molar-refractivity contribution is -0.132. The number of likely N-dealkylation sites (N-methyl/N-ethyl adjacent to an activating group) is 1. The van der Waals surface area contributed by atoms with Gasteiger partial charge in [-0.3, -0.25) is 14.5 Å². The predicted molar refractivity (Wildman–Crippen MR) is 114 cm³/mol. The number of benzene rings is 1. The maximum absolute atomic E-state index is 12.2. The molecule has 0 radical (unpaired) electrons. The van der Waals surface area contributed by atoms with Crippen LogP contribution in [-0.4, -0.2) is 86.0 Å². The molecule has 1 aromatic carbocycles. The number of hydrogen-bond acceptors (Lipinski definition) is 7. The molecule has 0 saturated carbocycles. The summed E-state index contributed by atoms with van der Waals surface area (Å²) in [5, 5.41) is 0. The van der Waals surface area contributed by atoms with Crippen molar-refractivity contribution in [1.82, 2.24) is 19.8 Å². The fraction of sp³-hybridized carbons (Fsp3) is 0.429. The van der Waals surface area contributed by atoms with Crippen molar-refractivity contribution in [3.63, 3.8) is 0 Å². The van der Waals surface area contributed by atoms with Crippen LogP contribution in [0, 0.1) is 0 Å². The van der Waals surface area contributed by atoms with Gasteiger partial charge < -0.3 is 20.3 Å². The summed E-state index contributed by atoms with van der Waals surface area (Å²) in [5.41, 5.74) is 8.15. The summed E-state index contributed by atoms with van der Waals surface area (Å²) in [4.78, 5) is 38.5. The van der Waals surface area contributed by atoms with E-state index in [4.69, 9.17) is 15.5 Å². The molecule has 1 aromatic heterocycles. The highest BCUT2D eigenvalue weighted by Crippen LogP contribution is 2.32. The number of ether oxygens (including phenoxy) is 1. The highest BCUT2D eigenvalue weighted by Gasteiger charge is 2.28. The van der Waals surface area contributed by atoms with Crippen LogP contribution in [0.3, 0.4) is 0 Å².